The molecule has 2 aromatic carbocycles. The van der Waals surface area contributed by atoms with Crippen molar-refractivity contribution in [2.24, 2.45) is 0 Å². The predicted molar refractivity (Wildman–Crippen MR) is 94.0 cm³/mol. The third kappa shape index (κ3) is 3.47. The van der Waals surface area contributed by atoms with Crippen molar-refractivity contribution in [1.82, 2.24) is 15.5 Å². The number of halogens is 3. The first-order valence-corrected chi connectivity index (χ1v) is 8.55. The Labute approximate surface area is 157 Å². The molecule has 146 valence electrons. The average Bonchev–Trinajstić information content (AvgIpc) is 3.14. The van der Waals surface area contributed by atoms with Crippen LogP contribution in [-0.4, -0.2) is 28.8 Å². The van der Waals surface area contributed by atoms with Gasteiger partial charge in [0.2, 0.25) is 6.10 Å². The zero-order valence-corrected chi connectivity index (χ0v) is 14.7. The summed E-state index contributed by atoms with van der Waals surface area (Å²) >= 11 is 0. The maximum atomic E-state index is 12.8. The molecule has 0 saturated heterocycles. The largest absolute Gasteiger partial charge is 0.485 e. The van der Waals surface area contributed by atoms with Gasteiger partial charge >= 0.3 is 6.18 Å². The Morgan fingerprint density at radius 1 is 1.25 bits per heavy atom. The van der Waals surface area contributed by atoms with Crippen molar-refractivity contribution in [1.29, 1.82) is 0 Å². The number of amides is 1. The minimum absolute atomic E-state index is 0.0302. The molecule has 0 saturated carbocycles. The lowest BCUT2D eigenvalue weighted by Crippen LogP contribution is -2.44. The third-order valence-corrected chi connectivity index (χ3v) is 4.55. The number of hydrogen-bond acceptors (Lipinski definition) is 4. The number of hydrogen-bond donors (Lipinski definition) is 2. The Morgan fingerprint density at radius 3 is 2.86 bits per heavy atom. The Hall–Kier alpha value is -3.23. The molecule has 0 bridgehead atoms. The Morgan fingerprint density at radius 2 is 2.07 bits per heavy atom. The number of benzene rings is 2. The van der Waals surface area contributed by atoms with Crippen LogP contribution in [0.2, 0.25) is 0 Å². The second-order valence-electron chi connectivity index (χ2n) is 6.52. The molecule has 2 atom stereocenters. The quantitative estimate of drug-likeness (QED) is 0.715. The second kappa shape index (κ2) is 6.74. The van der Waals surface area contributed by atoms with Gasteiger partial charge in [-0.3, -0.25) is 9.89 Å². The fourth-order valence-corrected chi connectivity index (χ4v) is 3.00. The van der Waals surface area contributed by atoms with Crippen LogP contribution in [-0.2, 0) is 11.0 Å². The molecule has 0 fully saturated rings. The van der Waals surface area contributed by atoms with Crippen molar-refractivity contribution in [3.05, 3.63) is 53.7 Å². The molecule has 1 aliphatic rings. The number of ether oxygens (including phenoxy) is 2. The van der Waals surface area contributed by atoms with Crippen LogP contribution in [0.25, 0.3) is 10.9 Å². The number of aromatic nitrogens is 2. The van der Waals surface area contributed by atoms with Crippen molar-refractivity contribution < 1.29 is 27.4 Å². The lowest BCUT2D eigenvalue weighted by molar-refractivity contribution is -0.138. The minimum atomic E-state index is -4.47. The van der Waals surface area contributed by atoms with Gasteiger partial charge < -0.3 is 14.8 Å². The molecule has 3 aromatic rings. The molecule has 2 heterocycles. The fraction of sp³-hybridized carbons (Fsp3) is 0.263. The van der Waals surface area contributed by atoms with E-state index in [-0.39, 0.29) is 24.1 Å². The van der Waals surface area contributed by atoms with E-state index in [0.29, 0.717) is 0 Å². The number of nitrogens with one attached hydrogen (secondary N) is 2. The number of carbonyl (C=O) groups excluding carboxylic acids is 1. The molecule has 0 spiro atoms. The highest BCUT2D eigenvalue weighted by molar-refractivity contribution is 5.83. The van der Waals surface area contributed by atoms with Gasteiger partial charge in [0.1, 0.15) is 6.61 Å². The average molecular weight is 391 g/mol. The van der Waals surface area contributed by atoms with E-state index < -0.39 is 23.8 Å². The van der Waals surface area contributed by atoms with Gasteiger partial charge in [0, 0.05) is 5.39 Å². The van der Waals surface area contributed by atoms with Crippen molar-refractivity contribution in [3.8, 4) is 11.5 Å². The summed E-state index contributed by atoms with van der Waals surface area (Å²) in [6.07, 6.45) is -3.74. The first-order valence-electron chi connectivity index (χ1n) is 8.55. The number of nitrogens with zero attached hydrogens (tertiary/aromatic N) is 1. The molecule has 9 heteroatoms. The first kappa shape index (κ1) is 18.1. The zero-order chi connectivity index (χ0) is 19.9. The van der Waals surface area contributed by atoms with Gasteiger partial charge in [-0.1, -0.05) is 6.07 Å². The lowest BCUT2D eigenvalue weighted by atomic mass is 10.1. The van der Waals surface area contributed by atoms with Gasteiger partial charge in [0.15, 0.2) is 11.5 Å². The van der Waals surface area contributed by atoms with Crippen LogP contribution in [0.5, 0.6) is 11.5 Å². The topological polar surface area (TPSA) is 76.2 Å². The fourth-order valence-electron chi connectivity index (χ4n) is 3.00. The van der Waals surface area contributed by atoms with E-state index in [1.54, 1.807) is 6.20 Å². The van der Waals surface area contributed by atoms with Gasteiger partial charge in [-0.05, 0) is 42.8 Å². The standard InChI is InChI=1S/C19H16F3N3O3/c1-10(11-2-4-14-12(6-11)8-23-25-14)24-18(26)17-9-27-16-7-13(19(20,21)22)3-5-15(16)28-17/h2-8,10,17H,9H2,1H3,(H,23,25)(H,24,26)/t10-,17-/m1/s1. The van der Waals surface area contributed by atoms with E-state index >= 15 is 0 Å². The van der Waals surface area contributed by atoms with Crippen molar-refractivity contribution >= 4 is 16.8 Å². The maximum Gasteiger partial charge on any atom is 0.416 e. The van der Waals surface area contributed by atoms with E-state index in [9.17, 15) is 18.0 Å². The van der Waals surface area contributed by atoms with Gasteiger partial charge in [-0.15, -0.1) is 0 Å². The highest BCUT2D eigenvalue weighted by atomic mass is 19.4. The molecule has 1 aromatic heterocycles. The summed E-state index contributed by atoms with van der Waals surface area (Å²) in [7, 11) is 0. The molecule has 0 unspecified atom stereocenters. The van der Waals surface area contributed by atoms with Crippen molar-refractivity contribution in [2.45, 2.75) is 25.2 Å². The van der Waals surface area contributed by atoms with Crippen molar-refractivity contribution in [2.75, 3.05) is 6.61 Å². The van der Waals surface area contributed by atoms with Crippen LogP contribution in [0.3, 0.4) is 0 Å². The van der Waals surface area contributed by atoms with Crippen LogP contribution in [0.1, 0.15) is 24.1 Å². The SMILES string of the molecule is C[C@@H](NC(=O)[C@H]1COc2cc(C(F)(F)F)ccc2O1)c1ccc2[nH]ncc2c1. The molecular weight excluding hydrogens is 375 g/mol. The predicted octanol–water partition coefficient (Wildman–Crippen LogP) is 3.60. The van der Waals surface area contributed by atoms with Crippen molar-refractivity contribution in [3.63, 3.8) is 0 Å². The highest BCUT2D eigenvalue weighted by Gasteiger charge is 2.34. The van der Waals surface area contributed by atoms with Crippen LogP contribution < -0.4 is 14.8 Å². The summed E-state index contributed by atoms with van der Waals surface area (Å²) in [4.78, 5) is 12.5. The Balaban J connectivity index is 1.44. The molecule has 1 amide bonds. The van der Waals surface area contributed by atoms with E-state index in [2.05, 4.69) is 15.5 Å². The van der Waals surface area contributed by atoms with E-state index in [4.69, 9.17) is 9.47 Å². The summed E-state index contributed by atoms with van der Waals surface area (Å²) in [6, 6.07) is 8.28. The van der Waals surface area contributed by atoms with Crippen LogP contribution >= 0.6 is 0 Å². The second-order valence-corrected chi connectivity index (χ2v) is 6.52. The van der Waals surface area contributed by atoms with Crippen LogP contribution in [0, 0.1) is 0 Å². The molecule has 28 heavy (non-hydrogen) atoms. The van der Waals surface area contributed by atoms with Gasteiger partial charge in [-0.25, -0.2) is 0 Å². The van der Waals surface area contributed by atoms with E-state index in [1.165, 1.54) is 0 Å². The summed E-state index contributed by atoms with van der Waals surface area (Å²) in [6.45, 7) is 1.65. The number of rotatable bonds is 3. The zero-order valence-electron chi connectivity index (χ0n) is 14.7. The molecule has 1 aliphatic heterocycles. The molecule has 0 radical (unpaired) electrons. The van der Waals surface area contributed by atoms with E-state index in [0.717, 1.165) is 34.7 Å². The Kier molecular flexibility index (Phi) is 4.37. The lowest BCUT2D eigenvalue weighted by Gasteiger charge is -2.27. The first-order chi connectivity index (χ1) is 13.3. The van der Waals surface area contributed by atoms with Gasteiger partial charge in [0.05, 0.1) is 23.3 Å². The summed E-state index contributed by atoms with van der Waals surface area (Å²) in [5.74, 6) is -0.338. The molecule has 4 rings (SSSR count). The highest BCUT2D eigenvalue weighted by Crippen LogP contribution is 2.38. The number of H-pyrrole nitrogens is 1. The third-order valence-electron chi connectivity index (χ3n) is 4.55. The van der Waals surface area contributed by atoms with Gasteiger partial charge in [-0.2, -0.15) is 18.3 Å². The normalized spacial score (nSPS) is 17.4. The molecule has 6 nitrogen and oxygen atoms in total. The Bertz CT molecular complexity index is 1030. The molecular formula is C19H16F3N3O3. The summed E-state index contributed by atoms with van der Waals surface area (Å²) in [5.41, 5.74) is 0.941. The summed E-state index contributed by atoms with van der Waals surface area (Å²) < 4.78 is 49.2. The van der Waals surface area contributed by atoms with Crippen LogP contribution in [0.15, 0.2) is 42.6 Å². The monoisotopic (exact) mass is 391 g/mol. The molecule has 2 N–H and O–H groups in total. The molecule has 0 aliphatic carbocycles. The number of aromatic amines is 1. The number of alkyl halides is 3. The maximum absolute atomic E-state index is 12.8. The number of fused-ring (bicyclic) bond motifs is 2. The van der Waals surface area contributed by atoms with E-state index in [1.807, 2.05) is 25.1 Å². The smallest absolute Gasteiger partial charge is 0.416 e. The minimum Gasteiger partial charge on any atom is -0.485 e. The van der Waals surface area contributed by atoms with Crippen LogP contribution in [0.4, 0.5) is 13.2 Å². The summed E-state index contributed by atoms with van der Waals surface area (Å²) in [5, 5.41) is 10.6. The van der Waals surface area contributed by atoms with Gasteiger partial charge in [0.25, 0.3) is 5.91 Å². The number of carbonyl (C=O) groups is 1.